The van der Waals surface area contributed by atoms with E-state index in [4.69, 9.17) is 16.3 Å². The van der Waals surface area contributed by atoms with E-state index in [-0.39, 0.29) is 11.9 Å². The van der Waals surface area contributed by atoms with Crippen molar-refractivity contribution in [1.29, 1.82) is 0 Å². The lowest BCUT2D eigenvalue weighted by Gasteiger charge is -2.15. The number of carbonyl (C=O) groups excluding carboxylic acids is 2. The van der Waals surface area contributed by atoms with E-state index >= 15 is 0 Å². The third kappa shape index (κ3) is 6.39. The number of esters is 1. The molecule has 0 heterocycles. The monoisotopic (exact) mass is 391 g/mol. The van der Waals surface area contributed by atoms with Crippen LogP contribution in [0.15, 0.2) is 53.4 Å². The molecule has 0 aliphatic carbocycles. The van der Waals surface area contributed by atoms with E-state index in [1.807, 2.05) is 50.2 Å². The summed E-state index contributed by atoms with van der Waals surface area (Å²) in [6.07, 6.45) is -0.829. The van der Waals surface area contributed by atoms with Crippen molar-refractivity contribution in [3.63, 3.8) is 0 Å². The van der Waals surface area contributed by atoms with Gasteiger partial charge in [-0.1, -0.05) is 23.7 Å². The fraction of sp³-hybridized carbons (Fsp3) is 0.300. The van der Waals surface area contributed by atoms with Crippen LogP contribution in [0.3, 0.4) is 0 Å². The zero-order valence-corrected chi connectivity index (χ0v) is 16.6. The van der Waals surface area contributed by atoms with Gasteiger partial charge >= 0.3 is 5.97 Å². The molecule has 0 aliphatic rings. The van der Waals surface area contributed by atoms with Crippen LogP contribution in [0.1, 0.15) is 36.7 Å². The molecule has 0 radical (unpaired) electrons. The number of hydrogen-bond acceptors (Lipinski definition) is 4. The molecule has 4 nitrogen and oxygen atoms in total. The molecular formula is C20H22ClNO3S. The average molecular weight is 392 g/mol. The first-order valence-electron chi connectivity index (χ1n) is 8.34. The Morgan fingerprint density at radius 3 is 2.23 bits per heavy atom. The summed E-state index contributed by atoms with van der Waals surface area (Å²) in [5, 5.41) is 3.43. The Morgan fingerprint density at radius 1 is 1.04 bits per heavy atom. The van der Waals surface area contributed by atoms with E-state index in [1.54, 1.807) is 30.8 Å². The highest BCUT2D eigenvalue weighted by Crippen LogP contribution is 2.24. The number of nitrogens with one attached hydrogen (secondary N) is 1. The zero-order chi connectivity index (χ0) is 19.1. The van der Waals surface area contributed by atoms with Crippen LogP contribution >= 0.6 is 23.4 Å². The van der Waals surface area contributed by atoms with Crippen molar-refractivity contribution in [2.24, 2.45) is 0 Å². The highest BCUT2D eigenvalue weighted by Gasteiger charge is 2.19. The molecule has 0 aliphatic heterocycles. The standard InChI is InChI=1S/C20H22ClNO3S/c1-13(2)22-19(23)14(3)25-20(24)16-6-4-15(5-7-16)12-26-18-10-8-17(21)9-11-18/h4-11,13-14H,12H2,1-3H3,(H,22,23). The highest BCUT2D eigenvalue weighted by atomic mass is 35.5. The number of benzene rings is 2. The van der Waals surface area contributed by atoms with Crippen molar-refractivity contribution in [2.45, 2.75) is 43.6 Å². The molecule has 1 N–H and O–H groups in total. The maximum Gasteiger partial charge on any atom is 0.338 e. The highest BCUT2D eigenvalue weighted by molar-refractivity contribution is 7.98. The maximum atomic E-state index is 12.1. The van der Waals surface area contributed by atoms with E-state index in [2.05, 4.69) is 5.32 Å². The molecule has 138 valence electrons. The molecule has 2 rings (SSSR count). The molecule has 0 saturated carbocycles. The van der Waals surface area contributed by atoms with Gasteiger partial charge in [0.05, 0.1) is 5.56 Å². The molecule has 0 spiro atoms. The fourth-order valence-electron chi connectivity index (χ4n) is 2.12. The second kappa shape index (κ2) is 9.64. The molecule has 26 heavy (non-hydrogen) atoms. The Balaban J connectivity index is 1.88. The first-order valence-corrected chi connectivity index (χ1v) is 9.70. The topological polar surface area (TPSA) is 55.4 Å². The Bertz CT molecular complexity index is 745. The van der Waals surface area contributed by atoms with Crippen molar-refractivity contribution >= 4 is 35.2 Å². The minimum atomic E-state index is -0.829. The van der Waals surface area contributed by atoms with Gasteiger partial charge in [-0.2, -0.15) is 0 Å². The van der Waals surface area contributed by atoms with Gasteiger partial charge in [0.25, 0.3) is 5.91 Å². The summed E-state index contributed by atoms with van der Waals surface area (Å²) in [5.41, 5.74) is 1.52. The fourth-order valence-corrected chi connectivity index (χ4v) is 3.10. The van der Waals surface area contributed by atoms with Crippen LogP contribution in [0.4, 0.5) is 0 Å². The number of thioether (sulfide) groups is 1. The van der Waals surface area contributed by atoms with Crippen LogP contribution in [0.5, 0.6) is 0 Å². The lowest BCUT2D eigenvalue weighted by Crippen LogP contribution is -2.39. The first kappa shape index (κ1) is 20.3. The maximum absolute atomic E-state index is 12.1. The lowest BCUT2D eigenvalue weighted by atomic mass is 10.1. The van der Waals surface area contributed by atoms with Gasteiger partial charge in [0.15, 0.2) is 6.10 Å². The number of rotatable bonds is 7. The predicted octanol–water partition coefficient (Wildman–Crippen LogP) is 4.70. The van der Waals surface area contributed by atoms with Crippen LogP contribution in [0, 0.1) is 0 Å². The van der Waals surface area contributed by atoms with Crippen molar-refractivity contribution in [3.8, 4) is 0 Å². The first-order chi connectivity index (χ1) is 12.3. The number of carbonyl (C=O) groups is 2. The van der Waals surface area contributed by atoms with Crippen molar-refractivity contribution in [3.05, 3.63) is 64.7 Å². The molecule has 1 amide bonds. The van der Waals surface area contributed by atoms with Gasteiger partial charge in [-0.25, -0.2) is 4.79 Å². The Hall–Kier alpha value is -1.98. The van der Waals surface area contributed by atoms with E-state index in [9.17, 15) is 9.59 Å². The van der Waals surface area contributed by atoms with Crippen molar-refractivity contribution < 1.29 is 14.3 Å². The molecule has 2 aromatic rings. The van der Waals surface area contributed by atoms with Crippen LogP contribution in [0.25, 0.3) is 0 Å². The lowest BCUT2D eigenvalue weighted by molar-refractivity contribution is -0.129. The molecule has 0 bridgehead atoms. The normalized spacial score (nSPS) is 11.9. The molecule has 2 aromatic carbocycles. The Kier molecular flexibility index (Phi) is 7.54. The smallest absolute Gasteiger partial charge is 0.338 e. The summed E-state index contributed by atoms with van der Waals surface area (Å²) in [7, 11) is 0. The van der Waals surface area contributed by atoms with E-state index in [1.165, 1.54) is 0 Å². The second-order valence-corrected chi connectivity index (χ2v) is 7.64. The van der Waals surface area contributed by atoms with Crippen LogP contribution in [0.2, 0.25) is 5.02 Å². The quantitative estimate of drug-likeness (QED) is 0.549. The van der Waals surface area contributed by atoms with Gasteiger partial charge in [0.1, 0.15) is 0 Å². The summed E-state index contributed by atoms with van der Waals surface area (Å²) in [6.45, 7) is 5.27. The Labute approximate surface area is 163 Å². The molecule has 6 heteroatoms. The molecule has 1 atom stereocenters. The number of amides is 1. The summed E-state index contributed by atoms with van der Waals surface area (Å²) in [4.78, 5) is 25.1. The summed E-state index contributed by atoms with van der Waals surface area (Å²) < 4.78 is 5.21. The molecule has 0 saturated heterocycles. The predicted molar refractivity (Wildman–Crippen MR) is 106 cm³/mol. The van der Waals surface area contributed by atoms with Gasteiger partial charge < -0.3 is 10.1 Å². The van der Waals surface area contributed by atoms with Gasteiger partial charge in [0, 0.05) is 21.7 Å². The van der Waals surface area contributed by atoms with E-state index < -0.39 is 12.1 Å². The Morgan fingerprint density at radius 2 is 1.65 bits per heavy atom. The zero-order valence-electron chi connectivity index (χ0n) is 15.0. The van der Waals surface area contributed by atoms with Gasteiger partial charge in [-0.3, -0.25) is 4.79 Å². The van der Waals surface area contributed by atoms with Crippen LogP contribution in [-0.4, -0.2) is 24.0 Å². The summed E-state index contributed by atoms with van der Waals surface area (Å²) >= 11 is 7.57. The minimum absolute atomic E-state index is 0.000996. The third-order valence-corrected chi connectivity index (χ3v) is 4.83. The number of halogens is 1. The van der Waals surface area contributed by atoms with Gasteiger partial charge in [0.2, 0.25) is 0 Å². The SMILES string of the molecule is CC(C)NC(=O)C(C)OC(=O)c1ccc(CSc2ccc(Cl)cc2)cc1. The van der Waals surface area contributed by atoms with E-state index in [0.717, 1.165) is 16.2 Å². The number of hydrogen-bond donors (Lipinski definition) is 1. The van der Waals surface area contributed by atoms with Crippen LogP contribution < -0.4 is 5.32 Å². The molecule has 0 fully saturated rings. The van der Waals surface area contributed by atoms with E-state index in [0.29, 0.717) is 10.6 Å². The van der Waals surface area contributed by atoms with Crippen molar-refractivity contribution in [2.75, 3.05) is 0 Å². The minimum Gasteiger partial charge on any atom is -0.449 e. The van der Waals surface area contributed by atoms with Crippen LogP contribution in [-0.2, 0) is 15.3 Å². The summed E-state index contributed by atoms with van der Waals surface area (Å²) in [6, 6.07) is 14.9. The average Bonchev–Trinajstić information content (AvgIpc) is 2.61. The largest absolute Gasteiger partial charge is 0.449 e. The molecule has 1 unspecified atom stereocenters. The summed E-state index contributed by atoms with van der Waals surface area (Å²) in [5.74, 6) is -0.0258. The van der Waals surface area contributed by atoms with Gasteiger partial charge in [-0.05, 0) is 62.7 Å². The van der Waals surface area contributed by atoms with Gasteiger partial charge in [-0.15, -0.1) is 11.8 Å². The molecule has 0 aromatic heterocycles. The van der Waals surface area contributed by atoms with Crippen molar-refractivity contribution in [1.82, 2.24) is 5.32 Å². The molecular weight excluding hydrogens is 370 g/mol. The number of ether oxygens (including phenoxy) is 1. The second-order valence-electron chi connectivity index (χ2n) is 6.15. The third-order valence-electron chi connectivity index (χ3n) is 3.49.